The average molecular weight is 204 g/mol. The standard InChI is InChI=1S/C10H18ClNO/c1-12-10(13)9(11)7-8-5-3-2-4-6-8/h8-9H,2-7H2,1H3,(H,12,13). The molecule has 0 aromatic carbocycles. The van der Waals surface area contributed by atoms with Gasteiger partial charge in [0.2, 0.25) is 5.91 Å². The SMILES string of the molecule is CNC(=O)C(Cl)CC1CCCCC1. The van der Waals surface area contributed by atoms with Crippen molar-refractivity contribution >= 4 is 17.5 Å². The summed E-state index contributed by atoms with van der Waals surface area (Å²) in [6.45, 7) is 0. The van der Waals surface area contributed by atoms with Gasteiger partial charge in [-0.3, -0.25) is 4.79 Å². The van der Waals surface area contributed by atoms with Gasteiger partial charge in [0.25, 0.3) is 0 Å². The Balaban J connectivity index is 2.25. The minimum Gasteiger partial charge on any atom is -0.358 e. The maximum Gasteiger partial charge on any atom is 0.237 e. The van der Waals surface area contributed by atoms with Crippen LogP contribution < -0.4 is 5.32 Å². The predicted molar refractivity (Wildman–Crippen MR) is 54.9 cm³/mol. The van der Waals surface area contributed by atoms with Gasteiger partial charge in [0, 0.05) is 7.05 Å². The Morgan fingerprint density at radius 1 is 1.46 bits per heavy atom. The van der Waals surface area contributed by atoms with Gasteiger partial charge in [-0.1, -0.05) is 32.1 Å². The number of carbonyl (C=O) groups excluding carboxylic acids is 1. The molecule has 0 spiro atoms. The zero-order chi connectivity index (χ0) is 9.68. The van der Waals surface area contributed by atoms with E-state index in [4.69, 9.17) is 11.6 Å². The van der Waals surface area contributed by atoms with E-state index < -0.39 is 0 Å². The quantitative estimate of drug-likeness (QED) is 0.701. The number of halogens is 1. The lowest BCUT2D eigenvalue weighted by atomic mass is 9.86. The van der Waals surface area contributed by atoms with E-state index in [0.717, 1.165) is 6.42 Å². The van der Waals surface area contributed by atoms with E-state index in [1.807, 2.05) is 0 Å². The summed E-state index contributed by atoms with van der Waals surface area (Å²) in [5.74, 6) is 0.640. The van der Waals surface area contributed by atoms with Crippen LogP contribution in [0.3, 0.4) is 0 Å². The molecule has 1 amide bonds. The Hall–Kier alpha value is -0.240. The van der Waals surface area contributed by atoms with E-state index in [2.05, 4.69) is 5.32 Å². The molecule has 76 valence electrons. The average Bonchev–Trinajstić information content (AvgIpc) is 2.18. The maximum absolute atomic E-state index is 11.1. The van der Waals surface area contributed by atoms with Crippen molar-refractivity contribution in [1.82, 2.24) is 5.32 Å². The summed E-state index contributed by atoms with van der Waals surface area (Å²) >= 11 is 5.95. The molecule has 0 aliphatic heterocycles. The third-order valence-corrected chi connectivity index (χ3v) is 3.17. The Bertz CT molecular complexity index is 166. The first-order valence-electron chi connectivity index (χ1n) is 5.09. The first kappa shape index (κ1) is 10.8. The van der Waals surface area contributed by atoms with E-state index >= 15 is 0 Å². The molecule has 0 radical (unpaired) electrons. The number of hydrogen-bond donors (Lipinski definition) is 1. The van der Waals surface area contributed by atoms with Crippen LogP contribution in [0.25, 0.3) is 0 Å². The third-order valence-electron chi connectivity index (χ3n) is 2.80. The fourth-order valence-electron chi connectivity index (χ4n) is 1.98. The second-order valence-electron chi connectivity index (χ2n) is 3.82. The second-order valence-corrected chi connectivity index (χ2v) is 4.35. The van der Waals surface area contributed by atoms with Crippen molar-refractivity contribution < 1.29 is 4.79 Å². The lowest BCUT2D eigenvalue weighted by molar-refractivity contribution is -0.120. The zero-order valence-corrected chi connectivity index (χ0v) is 8.94. The lowest BCUT2D eigenvalue weighted by Gasteiger charge is -2.22. The fourth-order valence-corrected chi connectivity index (χ4v) is 2.34. The summed E-state index contributed by atoms with van der Waals surface area (Å²) in [7, 11) is 1.64. The Labute approximate surface area is 85.0 Å². The summed E-state index contributed by atoms with van der Waals surface area (Å²) in [6, 6.07) is 0. The molecule has 2 nitrogen and oxygen atoms in total. The van der Waals surface area contributed by atoms with Crippen LogP contribution in [0.1, 0.15) is 38.5 Å². The van der Waals surface area contributed by atoms with Crippen molar-refractivity contribution in [2.24, 2.45) is 5.92 Å². The van der Waals surface area contributed by atoms with E-state index in [0.29, 0.717) is 5.92 Å². The molecule has 1 aliphatic carbocycles. The van der Waals surface area contributed by atoms with Crippen molar-refractivity contribution in [2.75, 3.05) is 7.05 Å². The molecule has 1 saturated carbocycles. The highest BCUT2D eigenvalue weighted by Gasteiger charge is 2.21. The van der Waals surface area contributed by atoms with Gasteiger partial charge < -0.3 is 5.32 Å². The fraction of sp³-hybridized carbons (Fsp3) is 0.900. The smallest absolute Gasteiger partial charge is 0.237 e. The van der Waals surface area contributed by atoms with E-state index in [-0.39, 0.29) is 11.3 Å². The van der Waals surface area contributed by atoms with Gasteiger partial charge in [0.1, 0.15) is 5.38 Å². The second kappa shape index (κ2) is 5.48. The van der Waals surface area contributed by atoms with Crippen molar-refractivity contribution in [3.8, 4) is 0 Å². The highest BCUT2D eigenvalue weighted by molar-refractivity contribution is 6.30. The molecule has 1 unspecified atom stereocenters. The molecule has 1 fully saturated rings. The Morgan fingerprint density at radius 2 is 2.08 bits per heavy atom. The van der Waals surface area contributed by atoms with Crippen molar-refractivity contribution in [2.45, 2.75) is 43.9 Å². The van der Waals surface area contributed by atoms with Gasteiger partial charge in [-0.05, 0) is 12.3 Å². The predicted octanol–water partition coefficient (Wildman–Crippen LogP) is 2.31. The van der Waals surface area contributed by atoms with Gasteiger partial charge in [-0.25, -0.2) is 0 Å². The number of alkyl halides is 1. The van der Waals surface area contributed by atoms with E-state index in [9.17, 15) is 4.79 Å². The van der Waals surface area contributed by atoms with Gasteiger partial charge >= 0.3 is 0 Å². The highest BCUT2D eigenvalue weighted by atomic mass is 35.5. The number of rotatable bonds is 3. The van der Waals surface area contributed by atoms with Crippen LogP contribution in [0.4, 0.5) is 0 Å². The van der Waals surface area contributed by atoms with Crippen molar-refractivity contribution in [3.05, 3.63) is 0 Å². The van der Waals surface area contributed by atoms with Gasteiger partial charge in [0.05, 0.1) is 0 Å². The summed E-state index contributed by atoms with van der Waals surface area (Å²) in [4.78, 5) is 11.1. The molecule has 0 aromatic rings. The monoisotopic (exact) mass is 203 g/mol. The Morgan fingerprint density at radius 3 is 2.62 bits per heavy atom. The number of carbonyl (C=O) groups is 1. The van der Waals surface area contributed by atoms with Crippen molar-refractivity contribution in [1.29, 1.82) is 0 Å². The topological polar surface area (TPSA) is 29.1 Å². The molecule has 1 aliphatic rings. The van der Waals surface area contributed by atoms with Crippen LogP contribution in [0.5, 0.6) is 0 Å². The van der Waals surface area contributed by atoms with E-state index in [1.165, 1.54) is 32.1 Å². The minimum atomic E-state index is -0.326. The van der Waals surface area contributed by atoms with Crippen molar-refractivity contribution in [3.63, 3.8) is 0 Å². The number of nitrogens with one attached hydrogen (secondary N) is 1. The molecule has 0 saturated heterocycles. The lowest BCUT2D eigenvalue weighted by Crippen LogP contribution is -2.29. The summed E-state index contributed by atoms with van der Waals surface area (Å²) < 4.78 is 0. The van der Waals surface area contributed by atoms with Crippen LogP contribution in [-0.2, 0) is 4.79 Å². The van der Waals surface area contributed by atoms with Crippen LogP contribution in [0.15, 0.2) is 0 Å². The van der Waals surface area contributed by atoms with Crippen LogP contribution in [0, 0.1) is 5.92 Å². The van der Waals surface area contributed by atoms with Gasteiger partial charge in [-0.2, -0.15) is 0 Å². The largest absolute Gasteiger partial charge is 0.358 e. The van der Waals surface area contributed by atoms with Crippen LogP contribution >= 0.6 is 11.6 Å². The first-order chi connectivity index (χ1) is 6.24. The molecular weight excluding hydrogens is 186 g/mol. The Kier molecular flexibility index (Phi) is 4.57. The number of hydrogen-bond acceptors (Lipinski definition) is 1. The molecular formula is C10H18ClNO. The maximum atomic E-state index is 11.1. The molecule has 3 heteroatoms. The molecule has 1 N–H and O–H groups in total. The molecule has 0 bridgehead atoms. The molecule has 1 atom stereocenters. The zero-order valence-electron chi connectivity index (χ0n) is 8.18. The van der Waals surface area contributed by atoms with Gasteiger partial charge in [-0.15, -0.1) is 11.6 Å². The third kappa shape index (κ3) is 3.55. The molecule has 1 rings (SSSR count). The van der Waals surface area contributed by atoms with E-state index in [1.54, 1.807) is 7.05 Å². The summed E-state index contributed by atoms with van der Waals surface area (Å²) in [5, 5.41) is 2.26. The highest BCUT2D eigenvalue weighted by Crippen LogP contribution is 2.28. The molecule has 13 heavy (non-hydrogen) atoms. The van der Waals surface area contributed by atoms with Gasteiger partial charge in [0.15, 0.2) is 0 Å². The normalized spacial score (nSPS) is 21.1. The molecule has 0 aromatic heterocycles. The van der Waals surface area contributed by atoms with Crippen LogP contribution in [0.2, 0.25) is 0 Å². The molecule has 0 heterocycles. The minimum absolute atomic E-state index is 0.0350. The number of amides is 1. The summed E-state index contributed by atoms with van der Waals surface area (Å²) in [5.41, 5.74) is 0. The first-order valence-corrected chi connectivity index (χ1v) is 5.53. The van der Waals surface area contributed by atoms with Crippen LogP contribution in [-0.4, -0.2) is 18.3 Å². The summed E-state index contributed by atoms with van der Waals surface area (Å²) in [6.07, 6.45) is 7.31.